The predicted molar refractivity (Wildman–Crippen MR) is 156 cm³/mol. The van der Waals surface area contributed by atoms with Gasteiger partial charge < -0.3 is 24.1 Å². The Kier molecular flexibility index (Phi) is 11.7. The number of nitrogens with zero attached hydrogens (tertiary/aromatic N) is 2. The van der Waals surface area contributed by atoms with Gasteiger partial charge in [0.2, 0.25) is 0 Å². The van der Waals surface area contributed by atoms with E-state index in [0.29, 0.717) is 20.7 Å². The lowest BCUT2D eigenvalue weighted by Crippen LogP contribution is -2.08. The topological polar surface area (TPSA) is 117 Å². The van der Waals surface area contributed by atoms with Gasteiger partial charge >= 0.3 is 5.97 Å². The molecule has 12 heteroatoms. The molecule has 2 aromatic heterocycles. The number of methoxy groups -OCH3 is 2. The Bertz CT molecular complexity index is 1350. The van der Waals surface area contributed by atoms with E-state index in [0.717, 1.165) is 11.1 Å². The summed E-state index contributed by atoms with van der Waals surface area (Å²) in [6.45, 7) is 0.526. The second kappa shape index (κ2) is 15.2. The van der Waals surface area contributed by atoms with Crippen molar-refractivity contribution < 1.29 is 33.6 Å². The number of halogens is 3. The van der Waals surface area contributed by atoms with Crippen LogP contribution in [0.4, 0.5) is 0 Å². The molecule has 0 saturated carbocycles. The molecule has 9 nitrogen and oxygen atoms in total. The van der Waals surface area contributed by atoms with E-state index in [-0.39, 0.29) is 36.1 Å². The van der Waals surface area contributed by atoms with Gasteiger partial charge in [0.1, 0.15) is 22.4 Å². The van der Waals surface area contributed by atoms with Crippen molar-refractivity contribution in [1.29, 1.82) is 0 Å². The number of aromatic carboxylic acids is 1. The van der Waals surface area contributed by atoms with Gasteiger partial charge in [-0.15, -0.1) is 0 Å². The zero-order valence-electron chi connectivity index (χ0n) is 21.3. The first-order valence-corrected chi connectivity index (χ1v) is 13.5. The number of pyridine rings is 2. The van der Waals surface area contributed by atoms with Crippen LogP contribution in [0.3, 0.4) is 0 Å². The molecule has 0 aliphatic heterocycles. The Labute approximate surface area is 252 Å². The summed E-state index contributed by atoms with van der Waals surface area (Å²) in [6, 6.07) is 22.2. The first kappa shape index (κ1) is 30.9. The lowest BCUT2D eigenvalue weighted by molar-refractivity contribution is 0.0683. The van der Waals surface area contributed by atoms with Crippen molar-refractivity contribution in [2.24, 2.45) is 0 Å². The lowest BCUT2D eigenvalue weighted by Gasteiger charge is -2.13. The fourth-order valence-corrected chi connectivity index (χ4v) is 4.18. The molecule has 4 aromatic rings. The number of rotatable bonds is 10. The standard InChI is InChI=1S/C14H11BrClNO3.C14H12BrNO4/c1-19-10-7-11(15)17-12(14(16)18)13(10)20-8-9-5-3-2-4-6-9;1-19-10-7-11(15)16-12(14(17)18)13(10)20-8-9-5-3-2-4-6-9/h2-7H,8H2,1H3;2-7H,8H2,1H3,(H,17,18). The molecule has 2 aromatic carbocycles. The number of ether oxygens (including phenoxy) is 4. The Hall–Kier alpha value is -3.67. The minimum atomic E-state index is -1.17. The van der Waals surface area contributed by atoms with Crippen molar-refractivity contribution in [2.75, 3.05) is 14.2 Å². The summed E-state index contributed by atoms with van der Waals surface area (Å²) >= 11 is 11.9. The number of hydrogen-bond donors (Lipinski definition) is 1. The van der Waals surface area contributed by atoms with Gasteiger partial charge in [-0.05, 0) is 54.6 Å². The number of carboxylic acid groups (broad SMARTS) is 1. The first-order valence-electron chi connectivity index (χ1n) is 11.5. The summed E-state index contributed by atoms with van der Waals surface area (Å²) in [6.07, 6.45) is 0. The van der Waals surface area contributed by atoms with E-state index >= 15 is 0 Å². The molecule has 1 N–H and O–H groups in total. The number of carbonyl (C=O) groups is 2. The molecule has 0 unspecified atom stereocenters. The maximum atomic E-state index is 11.4. The number of benzene rings is 2. The Morgan fingerprint density at radius 3 is 1.52 bits per heavy atom. The largest absolute Gasteiger partial charge is 0.493 e. The van der Waals surface area contributed by atoms with Crippen LogP contribution >= 0.6 is 43.5 Å². The molecule has 0 amide bonds. The molecule has 0 radical (unpaired) electrons. The van der Waals surface area contributed by atoms with Gasteiger partial charge in [0.05, 0.1) is 14.2 Å². The average Bonchev–Trinajstić information content (AvgIpc) is 2.96. The fourth-order valence-electron chi connectivity index (χ4n) is 3.28. The van der Waals surface area contributed by atoms with E-state index in [1.54, 1.807) is 12.1 Å². The molecule has 0 saturated heterocycles. The van der Waals surface area contributed by atoms with Gasteiger partial charge in [-0.25, -0.2) is 14.8 Å². The third-order valence-electron chi connectivity index (χ3n) is 5.10. The summed E-state index contributed by atoms with van der Waals surface area (Å²) in [7, 11) is 2.93. The maximum absolute atomic E-state index is 11.4. The van der Waals surface area contributed by atoms with Crippen LogP contribution in [0.2, 0.25) is 0 Å². The third kappa shape index (κ3) is 8.67. The number of aromatic nitrogens is 2. The van der Waals surface area contributed by atoms with E-state index in [1.165, 1.54) is 14.2 Å². The van der Waals surface area contributed by atoms with Crippen LogP contribution in [0.5, 0.6) is 23.0 Å². The Balaban J connectivity index is 0.000000220. The molecule has 0 fully saturated rings. The van der Waals surface area contributed by atoms with E-state index < -0.39 is 11.2 Å². The predicted octanol–water partition coefficient (Wildman–Crippen LogP) is 6.94. The van der Waals surface area contributed by atoms with Gasteiger partial charge in [0, 0.05) is 12.1 Å². The van der Waals surface area contributed by atoms with E-state index in [4.69, 9.17) is 30.5 Å². The van der Waals surface area contributed by atoms with Crippen LogP contribution in [-0.4, -0.2) is 40.5 Å². The van der Waals surface area contributed by atoms with E-state index in [1.807, 2.05) is 60.7 Å². The van der Waals surface area contributed by atoms with Gasteiger partial charge in [-0.3, -0.25) is 4.79 Å². The summed E-state index contributed by atoms with van der Waals surface area (Å²) in [5.74, 6) is -0.105. The van der Waals surface area contributed by atoms with Gasteiger partial charge in [0.15, 0.2) is 34.4 Å². The van der Waals surface area contributed by atoms with Crippen molar-refractivity contribution in [3.63, 3.8) is 0 Å². The monoisotopic (exact) mass is 692 g/mol. The van der Waals surface area contributed by atoms with Crippen LogP contribution in [0.1, 0.15) is 32.1 Å². The van der Waals surface area contributed by atoms with Crippen molar-refractivity contribution in [3.05, 3.63) is 105 Å². The Morgan fingerprint density at radius 2 is 1.15 bits per heavy atom. The molecule has 0 spiro atoms. The molecule has 208 valence electrons. The molecule has 4 rings (SSSR count). The molecular weight excluding hydrogens is 672 g/mol. The van der Waals surface area contributed by atoms with Crippen LogP contribution in [-0.2, 0) is 13.2 Å². The number of carbonyl (C=O) groups excluding carboxylic acids is 1. The van der Waals surface area contributed by atoms with Crippen LogP contribution in [0.25, 0.3) is 0 Å². The minimum absolute atomic E-state index is 0.0221. The van der Waals surface area contributed by atoms with Crippen molar-refractivity contribution in [1.82, 2.24) is 9.97 Å². The molecule has 2 heterocycles. The molecule has 0 atom stereocenters. The Morgan fingerprint density at radius 1 is 0.750 bits per heavy atom. The average molecular weight is 695 g/mol. The zero-order valence-corrected chi connectivity index (χ0v) is 25.2. The highest BCUT2D eigenvalue weighted by Crippen LogP contribution is 2.35. The van der Waals surface area contributed by atoms with Crippen molar-refractivity contribution in [3.8, 4) is 23.0 Å². The van der Waals surface area contributed by atoms with Gasteiger partial charge in [0.25, 0.3) is 5.24 Å². The molecule has 0 aliphatic carbocycles. The molecular formula is C28H23Br2ClN2O7. The minimum Gasteiger partial charge on any atom is -0.493 e. The summed E-state index contributed by atoms with van der Waals surface area (Å²) < 4.78 is 22.4. The van der Waals surface area contributed by atoms with Crippen LogP contribution < -0.4 is 18.9 Å². The van der Waals surface area contributed by atoms with Crippen LogP contribution in [0, 0.1) is 0 Å². The summed E-state index contributed by atoms with van der Waals surface area (Å²) in [5.41, 5.74) is 1.72. The second-order valence-electron chi connectivity index (χ2n) is 7.78. The lowest BCUT2D eigenvalue weighted by atomic mass is 10.2. The quantitative estimate of drug-likeness (QED) is 0.139. The number of hydrogen-bond acceptors (Lipinski definition) is 8. The SMILES string of the molecule is COc1cc(Br)nc(C(=O)Cl)c1OCc1ccccc1.COc1cc(Br)nc(C(=O)O)c1OCc1ccccc1. The maximum Gasteiger partial charge on any atom is 0.358 e. The number of carboxylic acids is 1. The van der Waals surface area contributed by atoms with Gasteiger partial charge in [-0.1, -0.05) is 60.7 Å². The smallest absolute Gasteiger partial charge is 0.358 e. The molecule has 0 bridgehead atoms. The van der Waals surface area contributed by atoms with E-state index in [2.05, 4.69) is 41.8 Å². The summed E-state index contributed by atoms with van der Waals surface area (Å²) in [5, 5.41) is 8.49. The summed E-state index contributed by atoms with van der Waals surface area (Å²) in [4.78, 5) is 30.6. The van der Waals surface area contributed by atoms with E-state index in [9.17, 15) is 14.7 Å². The highest BCUT2D eigenvalue weighted by molar-refractivity contribution is 9.10. The zero-order chi connectivity index (χ0) is 29.1. The highest BCUT2D eigenvalue weighted by Gasteiger charge is 2.21. The molecule has 0 aliphatic rings. The normalized spacial score (nSPS) is 10.1. The highest BCUT2D eigenvalue weighted by atomic mass is 79.9. The fraction of sp³-hybridized carbons (Fsp3) is 0.143. The second-order valence-corrected chi connectivity index (χ2v) is 9.75. The van der Waals surface area contributed by atoms with Crippen molar-refractivity contribution >= 4 is 54.7 Å². The van der Waals surface area contributed by atoms with Crippen molar-refractivity contribution in [2.45, 2.75) is 13.2 Å². The van der Waals surface area contributed by atoms with Crippen LogP contribution in [0.15, 0.2) is 82.0 Å². The molecule has 40 heavy (non-hydrogen) atoms. The third-order valence-corrected chi connectivity index (χ3v) is 6.09. The first-order chi connectivity index (χ1) is 19.2. The van der Waals surface area contributed by atoms with Gasteiger partial charge in [-0.2, -0.15) is 0 Å².